The SMILES string of the molecule is C=CCOC[C@@]1(O)O[C@@H](CO)[C@@H](O)[C@@H]1O. The minimum atomic E-state index is -1.98. The molecule has 0 saturated carbocycles. The monoisotopic (exact) mass is 220 g/mol. The molecule has 0 aromatic heterocycles. The predicted octanol–water partition coefficient (Wildman–Crippen LogP) is -2.01. The van der Waals surface area contributed by atoms with Gasteiger partial charge in [-0.05, 0) is 0 Å². The van der Waals surface area contributed by atoms with E-state index < -0.39 is 30.7 Å². The normalized spacial score (nSPS) is 40.7. The highest BCUT2D eigenvalue weighted by Gasteiger charge is 2.53. The molecule has 1 heterocycles. The van der Waals surface area contributed by atoms with Gasteiger partial charge in [-0.15, -0.1) is 6.58 Å². The molecule has 0 spiro atoms. The van der Waals surface area contributed by atoms with Gasteiger partial charge in [0.25, 0.3) is 0 Å². The molecule has 0 unspecified atom stereocenters. The Kier molecular flexibility index (Phi) is 4.21. The summed E-state index contributed by atoms with van der Waals surface area (Å²) in [4.78, 5) is 0. The Hall–Kier alpha value is -0.500. The van der Waals surface area contributed by atoms with Gasteiger partial charge >= 0.3 is 0 Å². The Morgan fingerprint density at radius 2 is 2.13 bits per heavy atom. The minimum Gasteiger partial charge on any atom is -0.394 e. The smallest absolute Gasteiger partial charge is 0.219 e. The third-order valence-electron chi connectivity index (χ3n) is 2.25. The fourth-order valence-electron chi connectivity index (χ4n) is 1.42. The maximum Gasteiger partial charge on any atom is 0.219 e. The molecule has 15 heavy (non-hydrogen) atoms. The summed E-state index contributed by atoms with van der Waals surface area (Å²) in [6.07, 6.45) is -2.35. The van der Waals surface area contributed by atoms with Gasteiger partial charge in [-0.25, -0.2) is 0 Å². The fraction of sp³-hybridized carbons (Fsp3) is 0.778. The summed E-state index contributed by atoms with van der Waals surface area (Å²) in [6.45, 7) is 2.82. The summed E-state index contributed by atoms with van der Waals surface area (Å²) in [5.74, 6) is -1.98. The molecule has 0 radical (unpaired) electrons. The van der Waals surface area contributed by atoms with Crippen LogP contribution in [0.25, 0.3) is 0 Å². The van der Waals surface area contributed by atoms with Gasteiger partial charge in [0.2, 0.25) is 5.79 Å². The number of aliphatic hydroxyl groups excluding tert-OH is 3. The van der Waals surface area contributed by atoms with Crippen LogP contribution in [0.1, 0.15) is 0 Å². The second-order valence-electron chi connectivity index (χ2n) is 3.42. The molecular formula is C9H16O6. The molecular weight excluding hydrogens is 204 g/mol. The van der Waals surface area contributed by atoms with Crippen LogP contribution in [-0.4, -0.2) is 64.3 Å². The van der Waals surface area contributed by atoms with Gasteiger partial charge in [-0.3, -0.25) is 0 Å². The van der Waals surface area contributed by atoms with Crippen molar-refractivity contribution in [1.82, 2.24) is 0 Å². The molecule has 4 N–H and O–H groups in total. The van der Waals surface area contributed by atoms with Gasteiger partial charge < -0.3 is 29.9 Å². The maximum absolute atomic E-state index is 9.76. The van der Waals surface area contributed by atoms with Crippen molar-refractivity contribution in [3.8, 4) is 0 Å². The Labute approximate surface area is 87.4 Å². The van der Waals surface area contributed by atoms with E-state index in [-0.39, 0.29) is 13.2 Å². The van der Waals surface area contributed by atoms with Crippen LogP contribution in [0.4, 0.5) is 0 Å². The van der Waals surface area contributed by atoms with Crippen LogP contribution < -0.4 is 0 Å². The molecule has 1 rings (SSSR count). The van der Waals surface area contributed by atoms with E-state index in [2.05, 4.69) is 6.58 Å². The summed E-state index contributed by atoms with van der Waals surface area (Å²) in [6, 6.07) is 0. The standard InChI is InChI=1S/C9H16O6/c1-2-3-14-5-9(13)8(12)7(11)6(4-10)15-9/h2,6-8,10-13H,1,3-5H2/t6-,7+,8-,9+/m0/s1. The molecule has 6 nitrogen and oxygen atoms in total. The highest BCUT2D eigenvalue weighted by molar-refractivity contribution is 4.95. The van der Waals surface area contributed by atoms with Crippen molar-refractivity contribution in [1.29, 1.82) is 0 Å². The van der Waals surface area contributed by atoms with E-state index in [0.717, 1.165) is 0 Å². The fourth-order valence-corrected chi connectivity index (χ4v) is 1.42. The van der Waals surface area contributed by atoms with Gasteiger partial charge in [0.05, 0.1) is 13.2 Å². The Morgan fingerprint density at radius 3 is 2.60 bits per heavy atom. The molecule has 0 aliphatic carbocycles. The second-order valence-corrected chi connectivity index (χ2v) is 3.42. The van der Waals surface area contributed by atoms with E-state index in [0.29, 0.717) is 0 Å². The highest BCUT2D eigenvalue weighted by atomic mass is 16.7. The third kappa shape index (κ3) is 2.54. The molecule has 0 bridgehead atoms. The lowest BCUT2D eigenvalue weighted by Gasteiger charge is -2.25. The first-order chi connectivity index (χ1) is 7.05. The van der Waals surface area contributed by atoms with Gasteiger partial charge in [0.15, 0.2) is 0 Å². The largest absolute Gasteiger partial charge is 0.394 e. The first kappa shape index (κ1) is 12.6. The summed E-state index contributed by atoms with van der Waals surface area (Å²) in [7, 11) is 0. The minimum absolute atomic E-state index is 0.193. The zero-order valence-electron chi connectivity index (χ0n) is 8.24. The van der Waals surface area contributed by atoms with Crippen molar-refractivity contribution in [2.24, 2.45) is 0 Å². The average molecular weight is 220 g/mol. The van der Waals surface area contributed by atoms with Gasteiger partial charge in [0.1, 0.15) is 24.9 Å². The number of ether oxygens (including phenoxy) is 2. The molecule has 88 valence electrons. The first-order valence-electron chi connectivity index (χ1n) is 4.61. The number of hydrogen-bond acceptors (Lipinski definition) is 6. The Morgan fingerprint density at radius 1 is 1.47 bits per heavy atom. The lowest BCUT2D eigenvalue weighted by molar-refractivity contribution is -0.253. The van der Waals surface area contributed by atoms with Crippen molar-refractivity contribution in [2.45, 2.75) is 24.1 Å². The first-order valence-corrected chi connectivity index (χ1v) is 4.61. The van der Waals surface area contributed by atoms with E-state index in [4.69, 9.17) is 14.6 Å². The molecule has 1 saturated heterocycles. The van der Waals surface area contributed by atoms with Crippen LogP contribution in [-0.2, 0) is 9.47 Å². The van der Waals surface area contributed by atoms with Crippen molar-refractivity contribution < 1.29 is 29.9 Å². The quantitative estimate of drug-likeness (QED) is 0.315. The van der Waals surface area contributed by atoms with Gasteiger partial charge in [-0.1, -0.05) is 6.08 Å². The van der Waals surface area contributed by atoms with Crippen molar-refractivity contribution in [3.05, 3.63) is 12.7 Å². The van der Waals surface area contributed by atoms with Crippen LogP contribution in [0, 0.1) is 0 Å². The van der Waals surface area contributed by atoms with Crippen molar-refractivity contribution in [3.63, 3.8) is 0 Å². The lowest BCUT2D eigenvalue weighted by atomic mass is 10.1. The zero-order valence-corrected chi connectivity index (χ0v) is 8.24. The van der Waals surface area contributed by atoms with Crippen LogP contribution in [0.3, 0.4) is 0 Å². The van der Waals surface area contributed by atoms with Crippen LogP contribution in [0.2, 0.25) is 0 Å². The Bertz CT molecular complexity index is 221. The van der Waals surface area contributed by atoms with E-state index in [1.54, 1.807) is 0 Å². The number of rotatable bonds is 5. The summed E-state index contributed by atoms with van der Waals surface area (Å²) < 4.78 is 9.85. The van der Waals surface area contributed by atoms with Crippen LogP contribution in [0.5, 0.6) is 0 Å². The van der Waals surface area contributed by atoms with Crippen LogP contribution in [0.15, 0.2) is 12.7 Å². The summed E-state index contributed by atoms with van der Waals surface area (Å²) in [5, 5.41) is 37.4. The molecule has 6 heteroatoms. The van der Waals surface area contributed by atoms with Crippen molar-refractivity contribution in [2.75, 3.05) is 19.8 Å². The predicted molar refractivity (Wildman–Crippen MR) is 49.9 cm³/mol. The summed E-state index contributed by atoms with van der Waals surface area (Å²) >= 11 is 0. The van der Waals surface area contributed by atoms with E-state index >= 15 is 0 Å². The molecule has 0 aromatic rings. The average Bonchev–Trinajstić information content (AvgIpc) is 2.44. The number of hydrogen-bond donors (Lipinski definition) is 4. The van der Waals surface area contributed by atoms with Gasteiger partial charge in [-0.2, -0.15) is 0 Å². The molecule has 4 atom stereocenters. The lowest BCUT2D eigenvalue weighted by Crippen LogP contribution is -2.46. The van der Waals surface area contributed by atoms with Gasteiger partial charge in [0, 0.05) is 0 Å². The molecule has 0 aromatic carbocycles. The Balaban J connectivity index is 2.56. The van der Waals surface area contributed by atoms with Crippen molar-refractivity contribution >= 4 is 0 Å². The maximum atomic E-state index is 9.76. The van der Waals surface area contributed by atoms with E-state index in [1.807, 2.05) is 0 Å². The number of aliphatic hydroxyl groups is 4. The van der Waals surface area contributed by atoms with E-state index in [9.17, 15) is 15.3 Å². The summed E-state index contributed by atoms with van der Waals surface area (Å²) in [5.41, 5.74) is 0. The molecule has 1 fully saturated rings. The van der Waals surface area contributed by atoms with Crippen LogP contribution >= 0.6 is 0 Å². The second kappa shape index (κ2) is 5.02. The van der Waals surface area contributed by atoms with E-state index in [1.165, 1.54) is 6.08 Å². The molecule has 0 amide bonds. The topological polar surface area (TPSA) is 99.4 Å². The molecule has 1 aliphatic heterocycles. The molecule has 1 aliphatic rings. The zero-order chi connectivity index (χ0) is 11.5. The third-order valence-corrected chi connectivity index (χ3v) is 2.25. The highest BCUT2D eigenvalue weighted by Crippen LogP contribution is 2.29.